The molecule has 0 unspecified atom stereocenters. The first-order valence-corrected chi connectivity index (χ1v) is 7.16. The van der Waals surface area contributed by atoms with E-state index in [4.69, 9.17) is 9.26 Å². The summed E-state index contributed by atoms with van der Waals surface area (Å²) >= 11 is 0. The zero-order valence-corrected chi connectivity index (χ0v) is 13.5. The highest BCUT2D eigenvalue weighted by Gasteiger charge is 2.24. The van der Waals surface area contributed by atoms with Crippen LogP contribution >= 0.6 is 0 Å². The number of methoxy groups -OCH3 is 1. The molecule has 0 N–H and O–H groups in total. The third-order valence-corrected chi connectivity index (χ3v) is 3.85. The van der Waals surface area contributed by atoms with E-state index in [1.807, 2.05) is 38.1 Å². The molecule has 118 valence electrons. The highest BCUT2D eigenvalue weighted by Crippen LogP contribution is 2.37. The van der Waals surface area contributed by atoms with Gasteiger partial charge in [-0.3, -0.25) is 9.48 Å². The van der Waals surface area contributed by atoms with E-state index in [0.29, 0.717) is 17.1 Å². The van der Waals surface area contributed by atoms with E-state index in [2.05, 4.69) is 10.3 Å². The Balaban J connectivity index is 2.27. The van der Waals surface area contributed by atoms with Gasteiger partial charge in [-0.2, -0.15) is 5.10 Å². The Labute approximate surface area is 133 Å². The largest absolute Gasteiger partial charge is 0.497 e. The molecule has 0 fully saturated rings. The first kappa shape index (κ1) is 15.0. The van der Waals surface area contributed by atoms with Gasteiger partial charge in [-0.25, -0.2) is 0 Å². The Kier molecular flexibility index (Phi) is 3.73. The van der Waals surface area contributed by atoms with E-state index >= 15 is 0 Å². The maximum Gasteiger partial charge on any atom is 0.168 e. The molecular formula is C17H17N3O3. The molecule has 0 amide bonds. The fraction of sp³-hybridized carbons (Fsp3) is 0.235. The van der Waals surface area contributed by atoms with Crippen molar-refractivity contribution in [3.8, 4) is 28.1 Å². The van der Waals surface area contributed by atoms with Gasteiger partial charge in [0, 0.05) is 18.2 Å². The third-order valence-electron chi connectivity index (χ3n) is 3.85. The molecule has 0 atom stereocenters. The number of carbonyl (C=O) groups excluding carboxylic acids is 1. The lowest BCUT2D eigenvalue weighted by Crippen LogP contribution is -1.97. The first-order chi connectivity index (χ1) is 11.1. The van der Waals surface area contributed by atoms with Gasteiger partial charge >= 0.3 is 0 Å². The average Bonchev–Trinajstić information content (AvgIpc) is 3.06. The van der Waals surface area contributed by atoms with Crippen LogP contribution in [0.25, 0.3) is 22.4 Å². The highest BCUT2D eigenvalue weighted by molar-refractivity contribution is 5.94. The van der Waals surface area contributed by atoms with E-state index in [-0.39, 0.29) is 0 Å². The van der Waals surface area contributed by atoms with E-state index in [9.17, 15) is 4.79 Å². The van der Waals surface area contributed by atoms with Gasteiger partial charge in [0.25, 0.3) is 0 Å². The highest BCUT2D eigenvalue weighted by atomic mass is 16.5. The SMILES string of the molecule is COc1ccc(-c2nn(C)c(C=O)c2-c2c(C)noc2C)cc1. The van der Waals surface area contributed by atoms with Crippen molar-refractivity contribution >= 4 is 6.29 Å². The van der Waals surface area contributed by atoms with Gasteiger partial charge in [-0.05, 0) is 38.1 Å². The van der Waals surface area contributed by atoms with E-state index in [1.54, 1.807) is 18.8 Å². The molecule has 2 aromatic heterocycles. The minimum Gasteiger partial charge on any atom is -0.497 e. The molecule has 0 radical (unpaired) electrons. The lowest BCUT2D eigenvalue weighted by molar-refractivity contribution is 0.111. The predicted molar refractivity (Wildman–Crippen MR) is 85.6 cm³/mol. The number of aryl methyl sites for hydroxylation is 3. The van der Waals surface area contributed by atoms with Gasteiger partial charge in [0.2, 0.25) is 0 Å². The molecule has 6 nitrogen and oxygen atoms in total. The Morgan fingerprint density at radius 1 is 1.17 bits per heavy atom. The van der Waals surface area contributed by atoms with Crippen molar-refractivity contribution in [3.05, 3.63) is 41.4 Å². The summed E-state index contributed by atoms with van der Waals surface area (Å²) in [4.78, 5) is 11.6. The monoisotopic (exact) mass is 311 g/mol. The molecule has 1 aromatic carbocycles. The Bertz CT molecular complexity index is 841. The summed E-state index contributed by atoms with van der Waals surface area (Å²) in [7, 11) is 3.37. The number of hydrogen-bond acceptors (Lipinski definition) is 5. The second kappa shape index (κ2) is 5.72. The number of carbonyl (C=O) groups is 1. The minimum atomic E-state index is 0.491. The lowest BCUT2D eigenvalue weighted by Gasteiger charge is -2.05. The van der Waals surface area contributed by atoms with Crippen LogP contribution in [0.2, 0.25) is 0 Å². The van der Waals surface area contributed by atoms with Crippen molar-refractivity contribution in [3.63, 3.8) is 0 Å². The molecular weight excluding hydrogens is 294 g/mol. The molecule has 0 bridgehead atoms. The molecule has 0 spiro atoms. The van der Waals surface area contributed by atoms with E-state index in [1.165, 1.54) is 0 Å². The van der Waals surface area contributed by atoms with E-state index < -0.39 is 0 Å². The van der Waals surface area contributed by atoms with Crippen molar-refractivity contribution in [2.75, 3.05) is 7.11 Å². The van der Waals surface area contributed by atoms with Crippen LogP contribution in [0.1, 0.15) is 21.9 Å². The van der Waals surface area contributed by atoms with Gasteiger partial charge in [-0.1, -0.05) is 5.16 Å². The van der Waals surface area contributed by atoms with Crippen molar-refractivity contribution in [1.29, 1.82) is 0 Å². The van der Waals surface area contributed by atoms with Crippen LogP contribution in [-0.2, 0) is 7.05 Å². The number of nitrogens with zero attached hydrogens (tertiary/aromatic N) is 3. The van der Waals surface area contributed by atoms with Gasteiger partial charge in [0.05, 0.1) is 18.4 Å². The van der Waals surface area contributed by atoms with E-state index in [0.717, 1.165) is 34.4 Å². The average molecular weight is 311 g/mol. The molecule has 0 aliphatic heterocycles. The molecule has 0 saturated carbocycles. The minimum absolute atomic E-state index is 0.491. The smallest absolute Gasteiger partial charge is 0.168 e. The Morgan fingerprint density at radius 3 is 2.39 bits per heavy atom. The number of hydrogen-bond donors (Lipinski definition) is 0. The zero-order valence-electron chi connectivity index (χ0n) is 13.5. The molecule has 0 saturated heterocycles. The topological polar surface area (TPSA) is 70.2 Å². The van der Waals surface area contributed by atoms with Crippen LogP contribution in [0, 0.1) is 13.8 Å². The number of benzene rings is 1. The maximum absolute atomic E-state index is 11.6. The normalized spacial score (nSPS) is 10.8. The molecule has 23 heavy (non-hydrogen) atoms. The predicted octanol–water partition coefficient (Wildman–Crippen LogP) is 3.18. The maximum atomic E-state index is 11.6. The molecule has 3 aromatic rings. The summed E-state index contributed by atoms with van der Waals surface area (Å²) < 4.78 is 12.0. The van der Waals surface area contributed by atoms with Crippen LogP contribution < -0.4 is 4.74 Å². The quantitative estimate of drug-likeness (QED) is 0.692. The summed E-state index contributed by atoms with van der Waals surface area (Å²) in [6, 6.07) is 7.55. The summed E-state index contributed by atoms with van der Waals surface area (Å²) in [6.07, 6.45) is 0.807. The van der Waals surface area contributed by atoms with Crippen LogP contribution in [-0.4, -0.2) is 28.3 Å². The van der Waals surface area contributed by atoms with Crippen LogP contribution in [0.5, 0.6) is 5.75 Å². The Morgan fingerprint density at radius 2 is 1.87 bits per heavy atom. The second-order valence-corrected chi connectivity index (χ2v) is 5.28. The van der Waals surface area contributed by atoms with Gasteiger partial charge in [0.15, 0.2) is 6.29 Å². The summed E-state index contributed by atoms with van der Waals surface area (Å²) in [6.45, 7) is 3.68. The summed E-state index contributed by atoms with van der Waals surface area (Å²) in [5.41, 5.74) is 4.38. The summed E-state index contributed by atoms with van der Waals surface area (Å²) in [5, 5.41) is 8.51. The lowest BCUT2D eigenvalue weighted by atomic mass is 9.98. The van der Waals surface area contributed by atoms with Gasteiger partial charge in [0.1, 0.15) is 22.9 Å². The first-order valence-electron chi connectivity index (χ1n) is 7.16. The number of ether oxygens (including phenoxy) is 1. The molecule has 0 aliphatic carbocycles. The fourth-order valence-electron chi connectivity index (χ4n) is 2.71. The van der Waals surface area contributed by atoms with Crippen molar-refractivity contribution in [1.82, 2.24) is 14.9 Å². The Hall–Kier alpha value is -2.89. The van der Waals surface area contributed by atoms with Crippen LogP contribution in [0.15, 0.2) is 28.8 Å². The van der Waals surface area contributed by atoms with Crippen molar-refractivity contribution < 1.29 is 14.1 Å². The molecule has 2 heterocycles. The van der Waals surface area contributed by atoms with Crippen LogP contribution in [0.3, 0.4) is 0 Å². The molecule has 3 rings (SSSR count). The van der Waals surface area contributed by atoms with Gasteiger partial charge in [-0.15, -0.1) is 0 Å². The second-order valence-electron chi connectivity index (χ2n) is 5.28. The third kappa shape index (κ3) is 2.42. The van der Waals surface area contributed by atoms with Crippen molar-refractivity contribution in [2.45, 2.75) is 13.8 Å². The number of aromatic nitrogens is 3. The number of rotatable bonds is 4. The molecule has 6 heteroatoms. The van der Waals surface area contributed by atoms with Crippen LogP contribution in [0.4, 0.5) is 0 Å². The summed E-state index contributed by atoms with van der Waals surface area (Å²) in [5.74, 6) is 1.42. The molecule has 0 aliphatic rings. The fourth-order valence-corrected chi connectivity index (χ4v) is 2.71. The standard InChI is InChI=1S/C17H17N3O3/c1-10-15(11(2)23-19-10)16-14(9-21)20(3)18-17(16)12-5-7-13(22-4)8-6-12/h5-9H,1-4H3. The zero-order chi connectivity index (χ0) is 16.6. The van der Waals surface area contributed by atoms with Gasteiger partial charge < -0.3 is 9.26 Å². The van der Waals surface area contributed by atoms with Crippen molar-refractivity contribution in [2.24, 2.45) is 7.05 Å². The number of aldehydes is 1.